The first kappa shape index (κ1) is 15.8. The molecule has 1 aliphatic heterocycles. The highest BCUT2D eigenvalue weighted by molar-refractivity contribution is 5.96. The molecule has 0 bridgehead atoms. The maximum Gasteiger partial charge on any atom is 0.254 e. The lowest BCUT2D eigenvalue weighted by Gasteiger charge is -2.23. The number of likely N-dealkylation sites (N-methyl/N-ethyl adjacent to an activating group) is 1. The van der Waals surface area contributed by atoms with Crippen molar-refractivity contribution in [2.45, 2.75) is 13.0 Å². The van der Waals surface area contributed by atoms with E-state index in [1.54, 1.807) is 7.11 Å². The van der Waals surface area contributed by atoms with E-state index in [2.05, 4.69) is 4.90 Å². The molecule has 0 spiro atoms. The van der Waals surface area contributed by atoms with Crippen molar-refractivity contribution in [1.29, 1.82) is 0 Å². The fourth-order valence-corrected chi connectivity index (χ4v) is 3.02. The van der Waals surface area contributed by atoms with Crippen LogP contribution in [-0.2, 0) is 0 Å². The molecule has 21 heavy (non-hydrogen) atoms. The Morgan fingerprint density at radius 1 is 1.43 bits per heavy atom. The van der Waals surface area contributed by atoms with E-state index in [1.165, 1.54) is 0 Å². The van der Waals surface area contributed by atoms with Crippen molar-refractivity contribution in [1.82, 2.24) is 9.80 Å². The van der Waals surface area contributed by atoms with Crippen LogP contribution in [0.2, 0.25) is 0 Å². The zero-order valence-corrected chi connectivity index (χ0v) is 13.2. The summed E-state index contributed by atoms with van der Waals surface area (Å²) in [6.45, 7) is 3.24. The van der Waals surface area contributed by atoms with Crippen LogP contribution in [0.15, 0.2) is 18.2 Å². The van der Waals surface area contributed by atoms with Crippen LogP contribution in [0.1, 0.15) is 15.9 Å². The number of rotatable bonds is 4. The largest absolute Gasteiger partial charge is 0.496 e. The average Bonchev–Trinajstić information content (AvgIpc) is 2.91. The topological polar surface area (TPSA) is 53.0 Å². The van der Waals surface area contributed by atoms with Crippen molar-refractivity contribution in [3.05, 3.63) is 29.3 Å². The molecule has 5 heteroatoms. The summed E-state index contributed by atoms with van der Waals surface area (Å²) in [6, 6.07) is 5.72. The van der Waals surface area contributed by atoms with Crippen molar-refractivity contribution in [3.63, 3.8) is 0 Å². The molecule has 1 N–H and O–H groups in total. The fraction of sp³-hybridized carbons (Fsp3) is 0.562. The Morgan fingerprint density at radius 2 is 2.14 bits per heavy atom. The summed E-state index contributed by atoms with van der Waals surface area (Å²) in [6.07, 6.45) is 0. The maximum atomic E-state index is 12.7. The second-order valence-corrected chi connectivity index (χ2v) is 5.82. The van der Waals surface area contributed by atoms with Gasteiger partial charge in [0.25, 0.3) is 5.91 Å². The highest BCUT2D eigenvalue weighted by atomic mass is 16.5. The SMILES string of the molecule is COc1cccc(C(=O)N2C[C@@H](CO)[C@H](N(C)C)C2)c1C. The molecule has 1 aromatic rings. The number of hydrogen-bond donors (Lipinski definition) is 1. The van der Waals surface area contributed by atoms with E-state index in [-0.39, 0.29) is 24.5 Å². The quantitative estimate of drug-likeness (QED) is 0.899. The zero-order chi connectivity index (χ0) is 15.6. The number of likely N-dealkylation sites (tertiary alicyclic amines) is 1. The van der Waals surface area contributed by atoms with Gasteiger partial charge >= 0.3 is 0 Å². The molecule has 1 amide bonds. The molecule has 116 valence electrons. The van der Waals surface area contributed by atoms with Crippen molar-refractivity contribution in [3.8, 4) is 5.75 Å². The molecule has 1 aromatic carbocycles. The smallest absolute Gasteiger partial charge is 0.254 e. The Kier molecular flexibility index (Phi) is 4.85. The first-order valence-electron chi connectivity index (χ1n) is 7.19. The molecule has 1 heterocycles. The third-order valence-electron chi connectivity index (χ3n) is 4.33. The molecular formula is C16H24N2O3. The summed E-state index contributed by atoms with van der Waals surface area (Å²) in [5, 5.41) is 9.51. The third kappa shape index (κ3) is 3.04. The van der Waals surface area contributed by atoms with Gasteiger partial charge in [-0.1, -0.05) is 6.07 Å². The number of carbonyl (C=O) groups is 1. The molecule has 0 radical (unpaired) electrons. The maximum absolute atomic E-state index is 12.7. The predicted octanol–water partition coefficient (Wildman–Crippen LogP) is 0.998. The van der Waals surface area contributed by atoms with Crippen molar-refractivity contribution >= 4 is 5.91 Å². The number of benzene rings is 1. The van der Waals surface area contributed by atoms with Gasteiger partial charge in [-0.15, -0.1) is 0 Å². The second-order valence-electron chi connectivity index (χ2n) is 5.82. The average molecular weight is 292 g/mol. The molecule has 2 atom stereocenters. The normalized spacial score (nSPS) is 21.9. The van der Waals surface area contributed by atoms with Crippen molar-refractivity contribution < 1.29 is 14.6 Å². The van der Waals surface area contributed by atoms with Gasteiger partial charge in [-0.3, -0.25) is 4.79 Å². The van der Waals surface area contributed by atoms with E-state index in [9.17, 15) is 9.90 Å². The van der Waals surface area contributed by atoms with E-state index in [0.29, 0.717) is 18.7 Å². The molecule has 1 saturated heterocycles. The molecule has 0 saturated carbocycles. The minimum Gasteiger partial charge on any atom is -0.496 e. The van der Waals surface area contributed by atoms with Crippen LogP contribution in [0, 0.1) is 12.8 Å². The third-order valence-corrected chi connectivity index (χ3v) is 4.33. The van der Waals surface area contributed by atoms with Gasteiger partial charge in [-0.05, 0) is 33.2 Å². The van der Waals surface area contributed by atoms with Gasteiger partial charge in [-0.2, -0.15) is 0 Å². The standard InChI is InChI=1S/C16H24N2O3/c1-11-13(6-5-7-15(11)21-4)16(20)18-8-12(10-19)14(9-18)17(2)3/h5-7,12,14,19H,8-10H2,1-4H3/t12-,14+/m0/s1. The summed E-state index contributed by atoms with van der Waals surface area (Å²) < 4.78 is 5.28. The number of ether oxygens (including phenoxy) is 1. The molecule has 1 aliphatic rings. The van der Waals surface area contributed by atoms with Crippen molar-refractivity contribution in [2.24, 2.45) is 5.92 Å². The summed E-state index contributed by atoms with van der Waals surface area (Å²) in [5.41, 5.74) is 1.53. The Bertz CT molecular complexity index is 516. The first-order chi connectivity index (χ1) is 9.99. The number of methoxy groups -OCH3 is 1. The highest BCUT2D eigenvalue weighted by Crippen LogP contribution is 2.26. The van der Waals surface area contributed by atoms with Crippen LogP contribution < -0.4 is 4.74 Å². The number of hydrogen-bond acceptors (Lipinski definition) is 4. The summed E-state index contributed by atoms with van der Waals surface area (Å²) in [7, 11) is 5.58. The highest BCUT2D eigenvalue weighted by Gasteiger charge is 2.36. The van der Waals surface area contributed by atoms with E-state index in [4.69, 9.17) is 4.74 Å². The van der Waals surface area contributed by atoms with E-state index >= 15 is 0 Å². The van der Waals surface area contributed by atoms with Gasteiger partial charge in [0.2, 0.25) is 0 Å². The van der Waals surface area contributed by atoms with E-state index in [0.717, 1.165) is 11.3 Å². The number of amides is 1. The summed E-state index contributed by atoms with van der Waals surface area (Å²) >= 11 is 0. The second kappa shape index (κ2) is 6.45. The monoisotopic (exact) mass is 292 g/mol. The molecule has 0 aromatic heterocycles. The molecule has 0 aliphatic carbocycles. The number of aliphatic hydroxyl groups is 1. The summed E-state index contributed by atoms with van der Waals surface area (Å²) in [4.78, 5) is 16.6. The number of carbonyl (C=O) groups excluding carboxylic acids is 1. The van der Waals surface area contributed by atoms with Crippen LogP contribution >= 0.6 is 0 Å². The molecular weight excluding hydrogens is 268 g/mol. The van der Waals surface area contributed by atoms with Crippen LogP contribution in [0.5, 0.6) is 5.75 Å². The van der Waals surface area contributed by atoms with Gasteiger partial charge in [0, 0.05) is 42.8 Å². The van der Waals surface area contributed by atoms with Gasteiger partial charge in [0.15, 0.2) is 0 Å². The fourth-order valence-electron chi connectivity index (χ4n) is 3.02. The van der Waals surface area contributed by atoms with Crippen LogP contribution in [0.4, 0.5) is 0 Å². The van der Waals surface area contributed by atoms with Crippen LogP contribution in [0.3, 0.4) is 0 Å². The Hall–Kier alpha value is -1.59. The van der Waals surface area contributed by atoms with Gasteiger partial charge in [0.1, 0.15) is 5.75 Å². The number of nitrogens with zero attached hydrogens (tertiary/aromatic N) is 2. The Labute approximate surface area is 126 Å². The predicted molar refractivity (Wildman–Crippen MR) is 81.7 cm³/mol. The minimum atomic E-state index is 0.00852. The van der Waals surface area contributed by atoms with E-state index < -0.39 is 0 Å². The van der Waals surface area contributed by atoms with E-state index in [1.807, 2.05) is 44.1 Å². The van der Waals surface area contributed by atoms with Crippen LogP contribution in [0.25, 0.3) is 0 Å². The lowest BCUT2D eigenvalue weighted by Crippen LogP contribution is -2.37. The first-order valence-corrected chi connectivity index (χ1v) is 7.19. The Morgan fingerprint density at radius 3 is 2.67 bits per heavy atom. The lowest BCUT2D eigenvalue weighted by atomic mass is 10.0. The summed E-state index contributed by atoms with van der Waals surface area (Å²) in [5.74, 6) is 0.840. The van der Waals surface area contributed by atoms with Crippen molar-refractivity contribution in [2.75, 3.05) is 40.9 Å². The van der Waals surface area contributed by atoms with Gasteiger partial charge in [-0.25, -0.2) is 0 Å². The zero-order valence-electron chi connectivity index (χ0n) is 13.2. The van der Waals surface area contributed by atoms with Crippen LogP contribution in [-0.4, -0.2) is 67.8 Å². The van der Waals surface area contributed by atoms with Gasteiger partial charge in [0.05, 0.1) is 7.11 Å². The Balaban J connectivity index is 2.22. The molecule has 2 rings (SSSR count). The van der Waals surface area contributed by atoms with Gasteiger partial charge < -0.3 is 19.6 Å². The minimum absolute atomic E-state index is 0.00852. The molecule has 0 unspecified atom stereocenters. The molecule has 5 nitrogen and oxygen atoms in total. The number of aliphatic hydroxyl groups excluding tert-OH is 1. The lowest BCUT2D eigenvalue weighted by molar-refractivity contribution is 0.0777. The molecule has 1 fully saturated rings.